The molecular formula is C10H17N3O. The lowest BCUT2D eigenvalue weighted by Crippen LogP contribution is -2.28. The van der Waals surface area contributed by atoms with Crippen LogP contribution in [0.1, 0.15) is 31.2 Å². The van der Waals surface area contributed by atoms with Crippen molar-refractivity contribution in [2.45, 2.75) is 25.4 Å². The minimum Gasteiger partial charge on any atom is -0.385 e. The Balaban J connectivity index is 1.84. The summed E-state index contributed by atoms with van der Waals surface area (Å²) in [7, 11) is 0. The predicted octanol–water partition coefficient (Wildman–Crippen LogP) is 0.833. The fourth-order valence-corrected chi connectivity index (χ4v) is 2.00. The summed E-state index contributed by atoms with van der Waals surface area (Å²) < 4.78 is 0. The van der Waals surface area contributed by atoms with E-state index in [1.165, 1.54) is 0 Å². The molecule has 1 aliphatic heterocycles. The first-order valence-electron chi connectivity index (χ1n) is 5.24. The van der Waals surface area contributed by atoms with E-state index in [1.807, 2.05) is 0 Å². The Morgan fingerprint density at radius 3 is 2.93 bits per heavy atom. The third kappa shape index (κ3) is 2.33. The molecule has 4 nitrogen and oxygen atoms in total. The number of aromatic nitrogens is 2. The van der Waals surface area contributed by atoms with Crippen molar-refractivity contribution < 1.29 is 5.11 Å². The first-order valence-corrected chi connectivity index (χ1v) is 5.24. The topological polar surface area (TPSA) is 60.9 Å². The summed E-state index contributed by atoms with van der Waals surface area (Å²) in [5.41, 5.74) is 0. The van der Waals surface area contributed by atoms with E-state index < -0.39 is 6.10 Å². The fourth-order valence-electron chi connectivity index (χ4n) is 2.00. The second kappa shape index (κ2) is 4.57. The molecule has 1 saturated heterocycles. The van der Waals surface area contributed by atoms with Crippen LogP contribution in [0.25, 0.3) is 0 Å². The Labute approximate surface area is 83.8 Å². The molecular weight excluding hydrogens is 178 g/mol. The van der Waals surface area contributed by atoms with Crippen LogP contribution in [0, 0.1) is 5.92 Å². The summed E-state index contributed by atoms with van der Waals surface area (Å²) in [4.78, 5) is 7.01. The summed E-state index contributed by atoms with van der Waals surface area (Å²) >= 11 is 0. The maximum Gasteiger partial charge on any atom is 0.135 e. The van der Waals surface area contributed by atoms with Crippen molar-refractivity contribution in [2.24, 2.45) is 5.92 Å². The van der Waals surface area contributed by atoms with Crippen LogP contribution in [0.2, 0.25) is 0 Å². The summed E-state index contributed by atoms with van der Waals surface area (Å²) in [6.45, 7) is 2.16. The molecule has 1 atom stereocenters. The Bertz CT molecular complexity index is 254. The Kier molecular flexibility index (Phi) is 3.16. The molecule has 0 bridgehead atoms. The summed E-state index contributed by atoms with van der Waals surface area (Å²) in [5.74, 6) is 1.33. The number of rotatable bonds is 3. The minimum absolute atomic E-state index is 0.423. The monoisotopic (exact) mass is 195 g/mol. The molecule has 0 spiro atoms. The number of nitrogens with zero attached hydrogens (tertiary/aromatic N) is 1. The van der Waals surface area contributed by atoms with Crippen LogP contribution < -0.4 is 5.32 Å². The van der Waals surface area contributed by atoms with Gasteiger partial charge in [-0.2, -0.15) is 0 Å². The van der Waals surface area contributed by atoms with Crippen molar-refractivity contribution in [3.05, 3.63) is 18.2 Å². The predicted molar refractivity (Wildman–Crippen MR) is 53.8 cm³/mol. The molecule has 78 valence electrons. The zero-order valence-electron chi connectivity index (χ0n) is 8.24. The summed E-state index contributed by atoms with van der Waals surface area (Å²) in [6.07, 6.45) is 6.17. The summed E-state index contributed by atoms with van der Waals surface area (Å²) in [6, 6.07) is 0. The van der Waals surface area contributed by atoms with Gasteiger partial charge >= 0.3 is 0 Å². The van der Waals surface area contributed by atoms with E-state index in [0.29, 0.717) is 11.7 Å². The van der Waals surface area contributed by atoms with Crippen molar-refractivity contribution >= 4 is 0 Å². The van der Waals surface area contributed by atoms with Crippen molar-refractivity contribution in [1.82, 2.24) is 15.3 Å². The van der Waals surface area contributed by atoms with Gasteiger partial charge in [0, 0.05) is 12.4 Å². The third-order valence-electron chi connectivity index (χ3n) is 2.85. The molecule has 14 heavy (non-hydrogen) atoms. The number of piperidine rings is 1. The van der Waals surface area contributed by atoms with E-state index >= 15 is 0 Å². The standard InChI is InChI=1S/C10H17N3O/c14-9(10-12-5-6-13-10)7-8-1-3-11-4-2-8/h5-6,8-9,11,14H,1-4,7H2,(H,12,13). The SMILES string of the molecule is OC(CC1CCNCC1)c1ncc[nH]1. The fraction of sp³-hybridized carbons (Fsp3) is 0.700. The minimum atomic E-state index is -0.423. The van der Waals surface area contributed by atoms with E-state index in [-0.39, 0.29) is 0 Å². The summed E-state index contributed by atoms with van der Waals surface area (Å²) in [5, 5.41) is 13.2. The lowest BCUT2D eigenvalue weighted by Gasteiger charge is -2.24. The van der Waals surface area contributed by atoms with Gasteiger partial charge < -0.3 is 15.4 Å². The molecule has 1 unspecified atom stereocenters. The molecule has 4 heteroatoms. The Morgan fingerprint density at radius 2 is 2.29 bits per heavy atom. The van der Waals surface area contributed by atoms with Gasteiger partial charge in [-0.3, -0.25) is 0 Å². The van der Waals surface area contributed by atoms with Crippen LogP contribution in [0.3, 0.4) is 0 Å². The zero-order chi connectivity index (χ0) is 9.80. The number of nitrogens with one attached hydrogen (secondary N) is 2. The number of H-pyrrole nitrogens is 1. The first-order chi connectivity index (χ1) is 6.86. The molecule has 0 aliphatic carbocycles. The van der Waals surface area contributed by atoms with Gasteiger partial charge in [0.1, 0.15) is 11.9 Å². The molecule has 3 N–H and O–H groups in total. The molecule has 2 rings (SSSR count). The highest BCUT2D eigenvalue weighted by Gasteiger charge is 2.19. The smallest absolute Gasteiger partial charge is 0.135 e. The second-order valence-electron chi connectivity index (χ2n) is 3.92. The second-order valence-corrected chi connectivity index (χ2v) is 3.92. The zero-order valence-corrected chi connectivity index (χ0v) is 8.24. The number of hydrogen-bond donors (Lipinski definition) is 3. The van der Waals surface area contributed by atoms with Gasteiger partial charge in [-0.25, -0.2) is 4.98 Å². The van der Waals surface area contributed by atoms with Crippen LogP contribution in [-0.4, -0.2) is 28.2 Å². The van der Waals surface area contributed by atoms with E-state index in [4.69, 9.17) is 0 Å². The lowest BCUT2D eigenvalue weighted by molar-refractivity contribution is 0.126. The lowest BCUT2D eigenvalue weighted by atomic mass is 9.92. The molecule has 1 fully saturated rings. The normalized spacial score (nSPS) is 20.9. The van der Waals surface area contributed by atoms with Crippen LogP contribution in [-0.2, 0) is 0 Å². The molecule has 0 radical (unpaired) electrons. The van der Waals surface area contributed by atoms with Gasteiger partial charge in [-0.05, 0) is 38.3 Å². The average Bonchev–Trinajstić information content (AvgIpc) is 2.72. The highest BCUT2D eigenvalue weighted by molar-refractivity contribution is 4.92. The molecule has 1 aromatic rings. The molecule has 0 amide bonds. The van der Waals surface area contributed by atoms with Gasteiger partial charge in [0.15, 0.2) is 0 Å². The van der Waals surface area contributed by atoms with Crippen molar-refractivity contribution in [3.8, 4) is 0 Å². The van der Waals surface area contributed by atoms with Gasteiger partial charge in [-0.15, -0.1) is 0 Å². The van der Waals surface area contributed by atoms with Gasteiger partial charge in [-0.1, -0.05) is 0 Å². The van der Waals surface area contributed by atoms with Crippen LogP contribution >= 0.6 is 0 Å². The van der Waals surface area contributed by atoms with Crippen LogP contribution in [0.4, 0.5) is 0 Å². The van der Waals surface area contributed by atoms with Crippen LogP contribution in [0.5, 0.6) is 0 Å². The largest absolute Gasteiger partial charge is 0.385 e. The van der Waals surface area contributed by atoms with Crippen LogP contribution in [0.15, 0.2) is 12.4 Å². The average molecular weight is 195 g/mol. The molecule has 0 saturated carbocycles. The number of aliphatic hydroxyl groups excluding tert-OH is 1. The van der Waals surface area contributed by atoms with Crippen molar-refractivity contribution in [2.75, 3.05) is 13.1 Å². The molecule has 1 aromatic heterocycles. The Morgan fingerprint density at radius 1 is 1.50 bits per heavy atom. The van der Waals surface area contributed by atoms with E-state index in [9.17, 15) is 5.11 Å². The van der Waals surface area contributed by atoms with Gasteiger partial charge in [0.05, 0.1) is 0 Å². The van der Waals surface area contributed by atoms with E-state index in [0.717, 1.165) is 32.4 Å². The van der Waals surface area contributed by atoms with Gasteiger partial charge in [0.25, 0.3) is 0 Å². The van der Waals surface area contributed by atoms with Gasteiger partial charge in [0.2, 0.25) is 0 Å². The number of hydrogen-bond acceptors (Lipinski definition) is 3. The highest BCUT2D eigenvalue weighted by atomic mass is 16.3. The van der Waals surface area contributed by atoms with E-state index in [1.54, 1.807) is 12.4 Å². The van der Waals surface area contributed by atoms with Crippen molar-refractivity contribution in [1.29, 1.82) is 0 Å². The maximum absolute atomic E-state index is 9.85. The van der Waals surface area contributed by atoms with E-state index in [2.05, 4.69) is 15.3 Å². The molecule has 0 aromatic carbocycles. The number of imidazole rings is 1. The maximum atomic E-state index is 9.85. The Hall–Kier alpha value is -0.870. The first kappa shape index (κ1) is 9.68. The van der Waals surface area contributed by atoms with Crippen molar-refractivity contribution in [3.63, 3.8) is 0 Å². The third-order valence-corrected chi connectivity index (χ3v) is 2.85. The number of aliphatic hydroxyl groups is 1. The highest BCUT2D eigenvalue weighted by Crippen LogP contribution is 2.24. The quantitative estimate of drug-likeness (QED) is 0.669. The molecule has 2 heterocycles. The molecule has 1 aliphatic rings. The number of aromatic amines is 1.